The number of esters is 1. The first-order chi connectivity index (χ1) is 15.4. The predicted molar refractivity (Wildman–Crippen MR) is 121 cm³/mol. The van der Waals surface area contributed by atoms with E-state index in [0.29, 0.717) is 44.0 Å². The number of amides is 1. The number of aliphatic hydroxyl groups is 1. The molecule has 0 atom stereocenters. The molecule has 0 radical (unpaired) electrons. The minimum atomic E-state index is -0.550. The van der Waals surface area contributed by atoms with E-state index in [1.54, 1.807) is 23.1 Å². The highest BCUT2D eigenvalue weighted by molar-refractivity contribution is 6.33. The quantitative estimate of drug-likeness (QED) is 0.586. The third-order valence-corrected chi connectivity index (χ3v) is 5.63. The van der Waals surface area contributed by atoms with Crippen LogP contribution >= 0.6 is 11.6 Å². The Labute approximate surface area is 191 Å². The maximum Gasteiger partial charge on any atom is 0.310 e. The van der Waals surface area contributed by atoms with Gasteiger partial charge in [0.1, 0.15) is 5.82 Å². The summed E-state index contributed by atoms with van der Waals surface area (Å²) in [5.41, 5.74) is 2.20. The van der Waals surface area contributed by atoms with Crippen LogP contribution in [0.1, 0.15) is 11.1 Å². The highest BCUT2D eigenvalue weighted by atomic mass is 35.5. The second kappa shape index (κ2) is 11.3. The van der Waals surface area contributed by atoms with Crippen LogP contribution in [0.4, 0.5) is 15.8 Å². The number of piperazine rings is 1. The number of ether oxygens (including phenoxy) is 1. The lowest BCUT2D eigenvalue weighted by Gasteiger charge is -2.34. The molecule has 0 aliphatic carbocycles. The number of anilines is 2. The number of hydrogen-bond acceptors (Lipinski definition) is 6. The van der Waals surface area contributed by atoms with Gasteiger partial charge in [-0.05, 0) is 30.7 Å². The number of carbonyl (C=O) groups is 2. The van der Waals surface area contributed by atoms with Crippen LogP contribution in [-0.4, -0.2) is 72.7 Å². The van der Waals surface area contributed by atoms with Gasteiger partial charge >= 0.3 is 5.97 Å². The van der Waals surface area contributed by atoms with Gasteiger partial charge in [-0.25, -0.2) is 4.39 Å². The molecule has 172 valence electrons. The summed E-state index contributed by atoms with van der Waals surface area (Å²) in [5, 5.41) is 12.2. The molecular formula is C23H27ClFN3O4. The molecule has 1 saturated heterocycles. The molecule has 0 bridgehead atoms. The molecule has 7 nitrogen and oxygen atoms in total. The van der Waals surface area contributed by atoms with Gasteiger partial charge in [0.2, 0.25) is 0 Å². The van der Waals surface area contributed by atoms with Crippen LogP contribution in [0.2, 0.25) is 5.02 Å². The third-order valence-electron chi connectivity index (χ3n) is 5.32. The number of halogens is 2. The van der Waals surface area contributed by atoms with E-state index < -0.39 is 11.8 Å². The van der Waals surface area contributed by atoms with Crippen LogP contribution in [0, 0.1) is 12.7 Å². The lowest BCUT2D eigenvalue weighted by atomic mass is 10.1. The average molecular weight is 464 g/mol. The van der Waals surface area contributed by atoms with Crippen molar-refractivity contribution in [3.8, 4) is 0 Å². The number of β-amino-alcohol motifs (C(OH)–C–C–N with tert-alkyl or cyclic N) is 1. The van der Waals surface area contributed by atoms with Gasteiger partial charge in [-0.1, -0.05) is 35.4 Å². The summed E-state index contributed by atoms with van der Waals surface area (Å²) in [4.78, 5) is 28.5. The Balaban J connectivity index is 1.58. The van der Waals surface area contributed by atoms with Crippen molar-refractivity contribution in [3.05, 3.63) is 58.4 Å². The van der Waals surface area contributed by atoms with Crippen LogP contribution in [0.15, 0.2) is 36.4 Å². The number of hydrogen-bond donors (Lipinski definition) is 2. The lowest BCUT2D eigenvalue weighted by Crippen LogP contribution is -2.50. The number of nitrogens with one attached hydrogen (secondary N) is 1. The van der Waals surface area contributed by atoms with E-state index >= 15 is 0 Å². The van der Waals surface area contributed by atoms with E-state index in [2.05, 4.69) is 10.2 Å². The van der Waals surface area contributed by atoms with E-state index in [1.807, 2.05) is 13.0 Å². The Morgan fingerprint density at radius 1 is 1.19 bits per heavy atom. The lowest BCUT2D eigenvalue weighted by molar-refractivity contribution is -0.152. The zero-order chi connectivity index (χ0) is 23.1. The largest absolute Gasteiger partial charge is 0.455 e. The summed E-state index contributed by atoms with van der Waals surface area (Å²) >= 11 is 6.10. The fraction of sp³-hybridized carbons (Fsp3) is 0.391. The van der Waals surface area contributed by atoms with Gasteiger partial charge in [0, 0.05) is 38.4 Å². The summed E-state index contributed by atoms with van der Waals surface area (Å²) in [5.74, 6) is -1.30. The van der Waals surface area contributed by atoms with Crippen molar-refractivity contribution >= 4 is 34.9 Å². The molecule has 2 aromatic rings. The fourth-order valence-corrected chi connectivity index (χ4v) is 3.76. The smallest absolute Gasteiger partial charge is 0.310 e. The molecule has 0 aromatic heterocycles. The SMILES string of the molecule is Cc1ccc(Nc2c(F)cccc2Cl)c(CC(=O)OCC(=O)N2CCN(CCO)CC2)c1. The molecule has 3 rings (SSSR count). The molecule has 2 aromatic carbocycles. The standard InChI is InChI=1S/C23H27ClFN3O4/c1-16-5-6-20(26-23-18(24)3-2-4-19(23)25)17(13-16)14-22(31)32-15-21(30)28-9-7-27(8-10-28)11-12-29/h2-6,13,26,29H,7-12,14-15H2,1H3. The summed E-state index contributed by atoms with van der Waals surface area (Å²) in [6, 6.07) is 9.78. The number of para-hydroxylation sites is 1. The van der Waals surface area contributed by atoms with Gasteiger partial charge < -0.3 is 20.1 Å². The average Bonchev–Trinajstić information content (AvgIpc) is 2.77. The van der Waals surface area contributed by atoms with E-state index in [9.17, 15) is 14.0 Å². The van der Waals surface area contributed by atoms with Crippen molar-refractivity contribution in [2.24, 2.45) is 0 Å². The van der Waals surface area contributed by atoms with E-state index in [-0.39, 0.29) is 36.3 Å². The Morgan fingerprint density at radius 3 is 2.62 bits per heavy atom. The zero-order valence-electron chi connectivity index (χ0n) is 17.9. The Bertz CT molecular complexity index is 944. The third kappa shape index (κ3) is 6.41. The molecule has 1 fully saturated rings. The molecule has 0 unspecified atom stereocenters. The molecule has 1 aliphatic rings. The van der Waals surface area contributed by atoms with Crippen molar-refractivity contribution in [1.29, 1.82) is 0 Å². The molecular weight excluding hydrogens is 437 g/mol. The molecule has 1 aliphatic heterocycles. The molecule has 32 heavy (non-hydrogen) atoms. The van der Waals surface area contributed by atoms with Crippen molar-refractivity contribution in [2.75, 3.05) is 51.3 Å². The molecule has 0 saturated carbocycles. The van der Waals surface area contributed by atoms with Crippen molar-refractivity contribution < 1.29 is 23.8 Å². The van der Waals surface area contributed by atoms with Gasteiger partial charge in [-0.2, -0.15) is 0 Å². The molecule has 2 N–H and O–H groups in total. The number of nitrogens with zero attached hydrogens (tertiary/aromatic N) is 2. The number of aliphatic hydroxyl groups excluding tert-OH is 1. The summed E-state index contributed by atoms with van der Waals surface area (Å²) in [6.07, 6.45) is -0.0758. The highest BCUT2D eigenvalue weighted by Gasteiger charge is 2.22. The van der Waals surface area contributed by atoms with Crippen LogP contribution < -0.4 is 5.32 Å². The molecule has 0 spiro atoms. The minimum absolute atomic E-state index is 0.0758. The topological polar surface area (TPSA) is 82.1 Å². The van der Waals surface area contributed by atoms with Crippen molar-refractivity contribution in [3.63, 3.8) is 0 Å². The number of aryl methyl sites for hydroxylation is 1. The first kappa shape index (κ1) is 24.0. The first-order valence-electron chi connectivity index (χ1n) is 10.4. The van der Waals surface area contributed by atoms with E-state index in [0.717, 1.165) is 5.56 Å². The van der Waals surface area contributed by atoms with E-state index in [4.69, 9.17) is 21.4 Å². The van der Waals surface area contributed by atoms with Crippen LogP contribution in [0.25, 0.3) is 0 Å². The van der Waals surface area contributed by atoms with Gasteiger partial charge in [-0.3, -0.25) is 14.5 Å². The number of rotatable bonds is 8. The zero-order valence-corrected chi connectivity index (χ0v) is 18.7. The molecule has 9 heteroatoms. The second-order valence-electron chi connectivity index (χ2n) is 7.67. The maximum absolute atomic E-state index is 14.2. The molecule has 1 heterocycles. The normalized spacial score (nSPS) is 14.3. The van der Waals surface area contributed by atoms with Crippen LogP contribution in [0.5, 0.6) is 0 Å². The monoisotopic (exact) mass is 463 g/mol. The Kier molecular flexibility index (Phi) is 8.44. The van der Waals surface area contributed by atoms with Crippen LogP contribution in [-0.2, 0) is 20.7 Å². The maximum atomic E-state index is 14.2. The van der Waals surface area contributed by atoms with Gasteiger partial charge in [-0.15, -0.1) is 0 Å². The highest BCUT2D eigenvalue weighted by Crippen LogP contribution is 2.30. The van der Waals surface area contributed by atoms with Gasteiger partial charge in [0.05, 0.1) is 23.7 Å². The fourth-order valence-electron chi connectivity index (χ4n) is 3.54. The second-order valence-corrected chi connectivity index (χ2v) is 8.07. The molecule has 1 amide bonds. The van der Waals surface area contributed by atoms with Crippen molar-refractivity contribution in [2.45, 2.75) is 13.3 Å². The number of carbonyl (C=O) groups excluding carboxylic acids is 2. The summed E-state index contributed by atoms with van der Waals surface area (Å²) in [7, 11) is 0. The van der Waals surface area contributed by atoms with Crippen LogP contribution in [0.3, 0.4) is 0 Å². The summed E-state index contributed by atoms with van der Waals surface area (Å²) < 4.78 is 19.4. The summed E-state index contributed by atoms with van der Waals surface area (Å²) in [6.45, 7) is 4.65. The first-order valence-corrected chi connectivity index (χ1v) is 10.8. The Hall–Kier alpha value is -2.68. The van der Waals surface area contributed by atoms with Gasteiger partial charge in [0.15, 0.2) is 6.61 Å². The van der Waals surface area contributed by atoms with Gasteiger partial charge in [0.25, 0.3) is 5.91 Å². The predicted octanol–water partition coefficient (Wildman–Crippen LogP) is 2.75. The van der Waals surface area contributed by atoms with Crippen molar-refractivity contribution in [1.82, 2.24) is 9.80 Å². The van der Waals surface area contributed by atoms with E-state index in [1.165, 1.54) is 12.1 Å². The minimum Gasteiger partial charge on any atom is -0.455 e. The Morgan fingerprint density at radius 2 is 1.94 bits per heavy atom. The number of benzene rings is 2.